The summed E-state index contributed by atoms with van der Waals surface area (Å²) in [7, 11) is 0. The van der Waals surface area contributed by atoms with Crippen molar-refractivity contribution in [3.8, 4) is 0 Å². The number of unbranched alkanes of at least 4 members (excludes halogenated alkanes) is 12. The van der Waals surface area contributed by atoms with E-state index >= 15 is 0 Å². The van der Waals surface area contributed by atoms with Gasteiger partial charge in [-0.05, 0) is 130 Å². The average molecular weight is 793 g/mol. The summed E-state index contributed by atoms with van der Waals surface area (Å²) in [5, 5.41) is 11.0. The Bertz CT molecular complexity index is 1070. The quantitative estimate of drug-likeness (QED) is 0.0439. The molecule has 2 aliphatic carbocycles. The van der Waals surface area contributed by atoms with Gasteiger partial charge in [0.15, 0.2) is 5.88 Å². The van der Waals surface area contributed by atoms with E-state index in [-0.39, 0.29) is 23.2 Å². The van der Waals surface area contributed by atoms with Crippen molar-refractivity contribution in [3.63, 3.8) is 0 Å². The summed E-state index contributed by atoms with van der Waals surface area (Å²) in [6.07, 6.45) is 25.1. The highest BCUT2D eigenvalue weighted by molar-refractivity contribution is 5.70. The maximum absolute atomic E-state index is 13.6. The normalized spacial score (nSPS) is 17.7. The summed E-state index contributed by atoms with van der Waals surface area (Å²) in [6.45, 7) is 23.7. The molecule has 2 amide bonds. The molecule has 2 atom stereocenters. The molecule has 2 fully saturated rings. The summed E-state index contributed by atoms with van der Waals surface area (Å²) >= 11 is 0. The second-order valence-corrected chi connectivity index (χ2v) is 18.5. The SMILES string of the molecule is C=C(OC1(CC)CCCC1)N(CCCCCCCCCC(C)C(C)(C)OC(=O)N(CCCCCCCCC)C(O)OC(C)(C)CC)C(=O)OC1(CC)CCCC1. The van der Waals surface area contributed by atoms with Crippen LogP contribution in [0.5, 0.6) is 0 Å². The van der Waals surface area contributed by atoms with Crippen LogP contribution in [0.1, 0.15) is 229 Å². The molecule has 0 spiro atoms. The van der Waals surface area contributed by atoms with Gasteiger partial charge in [-0.2, -0.15) is 0 Å². The van der Waals surface area contributed by atoms with E-state index in [2.05, 4.69) is 34.3 Å². The molecule has 2 saturated carbocycles. The number of carbonyl (C=O) groups excluding carboxylic acids is 2. The van der Waals surface area contributed by atoms with E-state index in [0.717, 1.165) is 135 Å². The Morgan fingerprint density at radius 3 is 1.64 bits per heavy atom. The first-order valence-corrected chi connectivity index (χ1v) is 23.3. The third kappa shape index (κ3) is 17.5. The summed E-state index contributed by atoms with van der Waals surface area (Å²) in [5.41, 5.74) is -1.80. The second kappa shape index (κ2) is 25.5. The molecular weight excluding hydrogens is 705 g/mol. The lowest BCUT2D eigenvalue weighted by atomic mass is 9.87. The first-order valence-electron chi connectivity index (χ1n) is 23.3. The first-order chi connectivity index (χ1) is 26.6. The van der Waals surface area contributed by atoms with Crippen LogP contribution in [0.15, 0.2) is 12.5 Å². The molecule has 0 saturated heterocycles. The molecule has 0 aromatic carbocycles. The van der Waals surface area contributed by atoms with Crippen LogP contribution in [0.3, 0.4) is 0 Å². The fraction of sp³-hybridized carbons (Fsp3) is 0.915. The number of nitrogens with zero attached hydrogens (tertiary/aromatic N) is 2. The molecule has 2 aliphatic rings. The molecular formula is C47H88N2O7. The molecule has 9 nitrogen and oxygen atoms in total. The number of amides is 2. The Kier molecular flexibility index (Phi) is 22.8. The molecule has 0 aliphatic heterocycles. The van der Waals surface area contributed by atoms with Crippen LogP contribution >= 0.6 is 0 Å². The van der Waals surface area contributed by atoms with E-state index in [1.165, 1.54) is 30.6 Å². The average Bonchev–Trinajstić information content (AvgIpc) is 3.83. The Morgan fingerprint density at radius 1 is 0.679 bits per heavy atom. The van der Waals surface area contributed by atoms with E-state index < -0.39 is 23.7 Å². The van der Waals surface area contributed by atoms with Gasteiger partial charge in [-0.1, -0.05) is 112 Å². The van der Waals surface area contributed by atoms with Crippen LogP contribution in [-0.4, -0.2) is 69.0 Å². The van der Waals surface area contributed by atoms with Crippen molar-refractivity contribution in [2.45, 2.75) is 258 Å². The standard InChI is InChI=1S/C47H88N2O7/c1-11-15-16-17-20-24-31-38-49(42(51)54-44(7,8)12-2)43(52)55-45(9,10)39(5)32-25-22-19-18-21-23-30-37-48(40(6)53-46(13-3)33-26-27-34-46)41(50)56-47(14-4)35-28-29-36-47/h39,42,51H,6,11-38H2,1-5,7-10H3. The maximum Gasteiger partial charge on any atom is 0.417 e. The van der Waals surface area contributed by atoms with E-state index in [4.69, 9.17) is 18.9 Å². The number of rotatable bonds is 30. The first kappa shape index (κ1) is 50.1. The van der Waals surface area contributed by atoms with Crippen molar-refractivity contribution in [2.24, 2.45) is 5.92 Å². The van der Waals surface area contributed by atoms with Crippen molar-refractivity contribution in [1.29, 1.82) is 0 Å². The van der Waals surface area contributed by atoms with Crippen molar-refractivity contribution in [2.75, 3.05) is 13.1 Å². The Labute approximate surface area is 344 Å². The smallest absolute Gasteiger partial charge is 0.417 e. The minimum Gasteiger partial charge on any atom is -0.473 e. The highest BCUT2D eigenvalue weighted by Crippen LogP contribution is 2.40. The maximum atomic E-state index is 13.6. The molecule has 2 unspecified atom stereocenters. The van der Waals surface area contributed by atoms with E-state index in [1.807, 2.05) is 34.6 Å². The summed E-state index contributed by atoms with van der Waals surface area (Å²) in [5.74, 6) is 0.613. The summed E-state index contributed by atoms with van der Waals surface area (Å²) in [6, 6.07) is 0. The lowest BCUT2D eigenvalue weighted by Gasteiger charge is -2.37. The van der Waals surface area contributed by atoms with Gasteiger partial charge in [0.2, 0.25) is 6.41 Å². The minimum atomic E-state index is -1.34. The topological polar surface area (TPSA) is 97.8 Å². The van der Waals surface area contributed by atoms with Crippen LogP contribution < -0.4 is 0 Å². The number of carbonyl (C=O) groups is 2. The van der Waals surface area contributed by atoms with Gasteiger partial charge in [0.25, 0.3) is 0 Å². The minimum absolute atomic E-state index is 0.158. The van der Waals surface area contributed by atoms with Gasteiger partial charge in [-0.15, -0.1) is 0 Å². The van der Waals surface area contributed by atoms with Crippen molar-refractivity contribution in [1.82, 2.24) is 9.80 Å². The Morgan fingerprint density at radius 2 is 1.14 bits per heavy atom. The van der Waals surface area contributed by atoms with Gasteiger partial charge in [-0.25, -0.2) is 14.5 Å². The molecule has 9 heteroatoms. The third-order valence-corrected chi connectivity index (χ3v) is 13.3. The van der Waals surface area contributed by atoms with Crippen LogP contribution in [0.2, 0.25) is 0 Å². The molecule has 0 heterocycles. The largest absolute Gasteiger partial charge is 0.473 e. The highest BCUT2D eigenvalue weighted by atomic mass is 16.7. The molecule has 2 rings (SSSR count). The van der Waals surface area contributed by atoms with E-state index in [9.17, 15) is 14.7 Å². The number of hydrogen-bond acceptors (Lipinski definition) is 7. The van der Waals surface area contributed by atoms with E-state index in [0.29, 0.717) is 25.4 Å². The zero-order valence-electron chi connectivity index (χ0n) is 38.0. The van der Waals surface area contributed by atoms with Gasteiger partial charge in [0, 0.05) is 13.1 Å². The molecule has 0 aromatic heterocycles. The van der Waals surface area contributed by atoms with Gasteiger partial charge in [0.1, 0.15) is 16.8 Å². The Hall–Kier alpha value is -2.00. The molecule has 56 heavy (non-hydrogen) atoms. The number of ether oxygens (including phenoxy) is 4. The van der Waals surface area contributed by atoms with Crippen LogP contribution in [0, 0.1) is 5.92 Å². The fourth-order valence-corrected chi connectivity index (χ4v) is 8.26. The lowest BCUT2D eigenvalue weighted by Crippen LogP contribution is -2.49. The molecule has 328 valence electrons. The van der Waals surface area contributed by atoms with Gasteiger partial charge < -0.3 is 24.1 Å². The molecule has 1 N–H and O–H groups in total. The summed E-state index contributed by atoms with van der Waals surface area (Å²) in [4.78, 5) is 30.2. The second-order valence-electron chi connectivity index (χ2n) is 18.5. The fourth-order valence-electron chi connectivity index (χ4n) is 8.26. The van der Waals surface area contributed by atoms with Gasteiger partial charge >= 0.3 is 12.2 Å². The number of hydrogen-bond donors (Lipinski definition) is 1. The number of aliphatic hydroxyl groups excluding tert-OH is 1. The van der Waals surface area contributed by atoms with Crippen LogP contribution in [0.25, 0.3) is 0 Å². The predicted molar refractivity (Wildman–Crippen MR) is 229 cm³/mol. The Balaban J connectivity index is 1.80. The van der Waals surface area contributed by atoms with Gasteiger partial charge in [-0.3, -0.25) is 4.90 Å². The monoisotopic (exact) mass is 793 g/mol. The van der Waals surface area contributed by atoms with Crippen LogP contribution in [-0.2, 0) is 18.9 Å². The molecule has 0 aromatic rings. The zero-order valence-corrected chi connectivity index (χ0v) is 38.0. The predicted octanol–water partition coefficient (Wildman–Crippen LogP) is 13.6. The van der Waals surface area contributed by atoms with Crippen molar-refractivity contribution < 1.29 is 33.6 Å². The van der Waals surface area contributed by atoms with E-state index in [1.54, 1.807) is 4.90 Å². The molecule has 0 bridgehead atoms. The van der Waals surface area contributed by atoms with Crippen LogP contribution in [0.4, 0.5) is 9.59 Å². The lowest BCUT2D eigenvalue weighted by molar-refractivity contribution is -0.236. The van der Waals surface area contributed by atoms with Crippen molar-refractivity contribution >= 4 is 12.2 Å². The van der Waals surface area contributed by atoms with Gasteiger partial charge in [0.05, 0.1) is 5.60 Å². The summed E-state index contributed by atoms with van der Waals surface area (Å²) < 4.78 is 24.8. The number of aliphatic hydroxyl groups is 1. The highest BCUT2D eigenvalue weighted by Gasteiger charge is 2.40. The van der Waals surface area contributed by atoms with Crippen molar-refractivity contribution in [3.05, 3.63) is 12.5 Å². The third-order valence-electron chi connectivity index (χ3n) is 13.3. The zero-order chi connectivity index (χ0) is 41.7. The molecule has 0 radical (unpaired) electrons.